The van der Waals surface area contributed by atoms with Crippen LogP contribution in [0.2, 0.25) is 0 Å². The standard InChI is InChI=1S/C6H8N2OS/c1-9-5-4(10)2-3-8-6(5)7/h2-3H,1H3,(H3,7,8,10). The number of rotatable bonds is 1. The molecule has 10 heavy (non-hydrogen) atoms. The lowest BCUT2D eigenvalue weighted by Crippen LogP contribution is -1.95. The van der Waals surface area contributed by atoms with Crippen LogP contribution in [0.5, 0.6) is 5.75 Å². The number of ether oxygens (including phenoxy) is 1. The summed E-state index contributed by atoms with van der Waals surface area (Å²) >= 11 is 4.10. The third kappa shape index (κ3) is 1.16. The highest BCUT2D eigenvalue weighted by Gasteiger charge is 2.01. The number of nitrogens with two attached hydrogens (primary N) is 1. The van der Waals surface area contributed by atoms with E-state index in [-0.39, 0.29) is 0 Å². The first-order chi connectivity index (χ1) is 4.75. The van der Waals surface area contributed by atoms with Gasteiger partial charge in [0.15, 0.2) is 11.6 Å². The fourth-order valence-electron chi connectivity index (χ4n) is 0.663. The van der Waals surface area contributed by atoms with Gasteiger partial charge in [0, 0.05) is 6.20 Å². The summed E-state index contributed by atoms with van der Waals surface area (Å²) in [6.07, 6.45) is 1.58. The molecule has 54 valence electrons. The van der Waals surface area contributed by atoms with Gasteiger partial charge in [-0.05, 0) is 6.07 Å². The van der Waals surface area contributed by atoms with Crippen LogP contribution in [0, 0.1) is 0 Å². The van der Waals surface area contributed by atoms with Gasteiger partial charge in [0.1, 0.15) is 0 Å². The van der Waals surface area contributed by atoms with Crippen molar-refractivity contribution >= 4 is 18.4 Å². The average molecular weight is 156 g/mol. The van der Waals surface area contributed by atoms with Crippen LogP contribution >= 0.6 is 12.6 Å². The number of methoxy groups -OCH3 is 1. The van der Waals surface area contributed by atoms with Crippen molar-refractivity contribution in [3.8, 4) is 5.75 Å². The Morgan fingerprint density at radius 2 is 2.40 bits per heavy atom. The molecule has 0 aliphatic heterocycles. The minimum Gasteiger partial charge on any atom is -0.492 e. The molecule has 0 radical (unpaired) electrons. The maximum Gasteiger partial charge on any atom is 0.174 e. The summed E-state index contributed by atoms with van der Waals surface area (Å²) in [5, 5.41) is 0. The number of anilines is 1. The second-order valence-electron chi connectivity index (χ2n) is 1.75. The Labute approximate surface area is 64.6 Å². The normalized spacial score (nSPS) is 9.40. The van der Waals surface area contributed by atoms with E-state index in [1.807, 2.05) is 0 Å². The van der Waals surface area contributed by atoms with Crippen LogP contribution in [0.25, 0.3) is 0 Å². The first-order valence-electron chi connectivity index (χ1n) is 2.73. The van der Waals surface area contributed by atoms with E-state index < -0.39 is 0 Å². The monoisotopic (exact) mass is 156 g/mol. The molecule has 2 N–H and O–H groups in total. The molecule has 3 nitrogen and oxygen atoms in total. The molecule has 1 rings (SSSR count). The number of aromatic nitrogens is 1. The van der Waals surface area contributed by atoms with Crippen LogP contribution in [0.15, 0.2) is 17.2 Å². The Balaban J connectivity index is 3.17. The number of nitrogen functional groups attached to an aromatic ring is 1. The zero-order valence-electron chi connectivity index (χ0n) is 5.53. The largest absolute Gasteiger partial charge is 0.492 e. The van der Waals surface area contributed by atoms with E-state index in [0.717, 1.165) is 0 Å². The Hall–Kier alpha value is -0.900. The van der Waals surface area contributed by atoms with Crippen molar-refractivity contribution in [1.29, 1.82) is 0 Å². The summed E-state index contributed by atoms with van der Waals surface area (Å²) in [6, 6.07) is 1.72. The second kappa shape index (κ2) is 2.79. The topological polar surface area (TPSA) is 48.1 Å². The van der Waals surface area contributed by atoms with Gasteiger partial charge in [-0.2, -0.15) is 0 Å². The first-order valence-corrected chi connectivity index (χ1v) is 3.18. The third-order valence-electron chi connectivity index (χ3n) is 1.12. The number of hydrogen-bond donors (Lipinski definition) is 2. The molecule has 0 aromatic carbocycles. The molecule has 4 heteroatoms. The molecule has 0 saturated heterocycles. The lowest BCUT2D eigenvalue weighted by atomic mass is 10.4. The molecule has 0 spiro atoms. The summed E-state index contributed by atoms with van der Waals surface area (Å²) in [5.41, 5.74) is 5.45. The van der Waals surface area contributed by atoms with Crippen molar-refractivity contribution in [2.75, 3.05) is 12.8 Å². The van der Waals surface area contributed by atoms with Gasteiger partial charge in [0.05, 0.1) is 12.0 Å². The highest BCUT2D eigenvalue weighted by atomic mass is 32.1. The summed E-state index contributed by atoms with van der Waals surface area (Å²) in [6.45, 7) is 0. The van der Waals surface area contributed by atoms with E-state index >= 15 is 0 Å². The smallest absolute Gasteiger partial charge is 0.174 e. The summed E-state index contributed by atoms with van der Waals surface area (Å²) < 4.78 is 4.91. The minimum atomic E-state index is 0.370. The van der Waals surface area contributed by atoms with Gasteiger partial charge in [-0.3, -0.25) is 0 Å². The zero-order chi connectivity index (χ0) is 7.56. The van der Waals surface area contributed by atoms with Gasteiger partial charge in [0.25, 0.3) is 0 Å². The number of thiol groups is 1. The first kappa shape index (κ1) is 7.21. The van der Waals surface area contributed by atoms with Crippen molar-refractivity contribution < 1.29 is 4.74 Å². The van der Waals surface area contributed by atoms with E-state index in [2.05, 4.69) is 17.6 Å². The molecule has 0 amide bonds. The van der Waals surface area contributed by atoms with Gasteiger partial charge < -0.3 is 10.5 Å². The van der Waals surface area contributed by atoms with Crippen molar-refractivity contribution in [3.63, 3.8) is 0 Å². The van der Waals surface area contributed by atoms with Crippen molar-refractivity contribution in [2.24, 2.45) is 0 Å². The zero-order valence-corrected chi connectivity index (χ0v) is 6.43. The Kier molecular flexibility index (Phi) is 2.01. The van der Waals surface area contributed by atoms with E-state index in [1.165, 1.54) is 7.11 Å². The second-order valence-corrected chi connectivity index (χ2v) is 2.23. The van der Waals surface area contributed by atoms with Crippen molar-refractivity contribution in [2.45, 2.75) is 4.90 Å². The van der Waals surface area contributed by atoms with E-state index in [0.29, 0.717) is 16.5 Å². The molecule has 0 unspecified atom stereocenters. The summed E-state index contributed by atoms with van der Waals surface area (Å²) in [7, 11) is 1.53. The Morgan fingerprint density at radius 3 is 2.80 bits per heavy atom. The van der Waals surface area contributed by atoms with E-state index in [9.17, 15) is 0 Å². The van der Waals surface area contributed by atoms with Gasteiger partial charge in [-0.25, -0.2) is 4.98 Å². The minimum absolute atomic E-state index is 0.370. The molecule has 0 fully saturated rings. The van der Waals surface area contributed by atoms with Crippen LogP contribution in [0.4, 0.5) is 5.82 Å². The number of pyridine rings is 1. The molecule has 1 aromatic rings. The summed E-state index contributed by atoms with van der Waals surface area (Å²) in [5.74, 6) is 0.904. The highest BCUT2D eigenvalue weighted by Crippen LogP contribution is 2.25. The fraction of sp³-hybridized carbons (Fsp3) is 0.167. The molecule has 0 saturated carbocycles. The SMILES string of the molecule is COc1c(S)ccnc1N. The fourth-order valence-corrected chi connectivity index (χ4v) is 0.935. The third-order valence-corrected chi connectivity index (χ3v) is 1.47. The van der Waals surface area contributed by atoms with Crippen molar-refractivity contribution in [1.82, 2.24) is 4.98 Å². The Bertz CT molecular complexity index is 219. The maximum atomic E-state index is 5.45. The molecule has 0 aliphatic rings. The predicted octanol–water partition coefficient (Wildman–Crippen LogP) is 0.961. The number of hydrogen-bond acceptors (Lipinski definition) is 4. The van der Waals surface area contributed by atoms with Gasteiger partial charge in [-0.15, -0.1) is 12.6 Å². The van der Waals surface area contributed by atoms with Gasteiger partial charge in [-0.1, -0.05) is 0 Å². The van der Waals surface area contributed by atoms with Crippen molar-refractivity contribution in [3.05, 3.63) is 12.3 Å². The molecule has 0 atom stereocenters. The molecule has 1 aromatic heterocycles. The van der Waals surface area contributed by atoms with E-state index in [4.69, 9.17) is 10.5 Å². The van der Waals surface area contributed by atoms with Gasteiger partial charge in [0.2, 0.25) is 0 Å². The van der Waals surface area contributed by atoms with E-state index in [1.54, 1.807) is 12.3 Å². The lowest BCUT2D eigenvalue weighted by molar-refractivity contribution is 0.405. The molecule has 0 aliphatic carbocycles. The number of nitrogens with zero attached hydrogens (tertiary/aromatic N) is 1. The average Bonchev–Trinajstić information content (AvgIpc) is 1.88. The quantitative estimate of drug-likeness (QED) is 0.595. The lowest BCUT2D eigenvalue weighted by Gasteiger charge is -2.03. The molecular formula is C6H8N2OS. The molecule has 1 heterocycles. The maximum absolute atomic E-state index is 5.45. The van der Waals surface area contributed by atoms with Crippen LogP contribution in [-0.2, 0) is 0 Å². The van der Waals surface area contributed by atoms with Gasteiger partial charge >= 0.3 is 0 Å². The predicted molar refractivity (Wildman–Crippen MR) is 42.5 cm³/mol. The summed E-state index contributed by atoms with van der Waals surface area (Å²) in [4.78, 5) is 4.52. The van der Waals surface area contributed by atoms with Crippen LogP contribution in [0.1, 0.15) is 0 Å². The highest BCUT2D eigenvalue weighted by molar-refractivity contribution is 7.80. The molecule has 0 bridgehead atoms. The molecular weight excluding hydrogens is 148 g/mol. The van der Waals surface area contributed by atoms with Crippen LogP contribution in [0.3, 0.4) is 0 Å². The van der Waals surface area contributed by atoms with Crippen LogP contribution in [-0.4, -0.2) is 12.1 Å². The Morgan fingerprint density at radius 1 is 1.70 bits per heavy atom. The van der Waals surface area contributed by atoms with Crippen LogP contribution < -0.4 is 10.5 Å².